The number of ether oxygens (including phenoxy) is 3. The molecule has 212 valence electrons. The van der Waals surface area contributed by atoms with Gasteiger partial charge in [-0.3, -0.25) is 0 Å². The lowest BCUT2D eigenvalue weighted by Gasteiger charge is -2.40. The first-order valence-corrected chi connectivity index (χ1v) is 13.0. The van der Waals surface area contributed by atoms with E-state index in [0.717, 1.165) is 39.2 Å². The SMILES string of the molecule is COCC1(COc2cc3c(N[C@H](C)c4cccc(C(F)(F)C(C)(C)O)c4F)nc(C)nc3cc2OC)CCC1. The predicted molar refractivity (Wildman–Crippen MR) is 143 cm³/mol. The second-order valence-corrected chi connectivity index (χ2v) is 10.9. The normalized spacial score (nSPS) is 16.1. The van der Waals surface area contributed by atoms with Crippen molar-refractivity contribution in [3.8, 4) is 11.5 Å². The summed E-state index contributed by atoms with van der Waals surface area (Å²) in [5.41, 5.74) is -2.76. The van der Waals surface area contributed by atoms with E-state index in [4.69, 9.17) is 14.2 Å². The number of benzene rings is 2. The van der Waals surface area contributed by atoms with E-state index in [1.54, 1.807) is 40.2 Å². The molecule has 0 saturated heterocycles. The molecule has 0 aliphatic heterocycles. The predicted octanol–water partition coefficient (Wildman–Crippen LogP) is 6.32. The minimum absolute atomic E-state index is 0.0114. The maximum absolute atomic E-state index is 15.4. The van der Waals surface area contributed by atoms with Gasteiger partial charge in [0.2, 0.25) is 0 Å². The van der Waals surface area contributed by atoms with Crippen LogP contribution in [-0.2, 0) is 10.7 Å². The van der Waals surface area contributed by atoms with Crippen LogP contribution in [0.2, 0.25) is 0 Å². The zero-order valence-corrected chi connectivity index (χ0v) is 23.2. The van der Waals surface area contributed by atoms with Crippen LogP contribution < -0.4 is 14.8 Å². The number of hydrogen-bond acceptors (Lipinski definition) is 7. The summed E-state index contributed by atoms with van der Waals surface area (Å²) in [4.78, 5) is 9.04. The summed E-state index contributed by atoms with van der Waals surface area (Å²) in [6.07, 6.45) is 3.15. The summed E-state index contributed by atoms with van der Waals surface area (Å²) < 4.78 is 62.3. The quantitative estimate of drug-likeness (QED) is 0.291. The molecule has 1 aliphatic carbocycles. The van der Waals surface area contributed by atoms with E-state index in [1.807, 2.05) is 0 Å². The van der Waals surface area contributed by atoms with Gasteiger partial charge in [0.15, 0.2) is 11.5 Å². The molecule has 0 radical (unpaired) electrons. The molecule has 3 aromatic rings. The molecule has 1 saturated carbocycles. The number of aromatic nitrogens is 2. The summed E-state index contributed by atoms with van der Waals surface area (Å²) in [6.45, 7) is 6.34. The minimum atomic E-state index is -3.80. The Morgan fingerprint density at radius 1 is 1.10 bits per heavy atom. The third-order valence-corrected chi connectivity index (χ3v) is 7.45. The van der Waals surface area contributed by atoms with E-state index < -0.39 is 28.9 Å². The summed E-state index contributed by atoms with van der Waals surface area (Å²) in [5.74, 6) is -3.01. The molecule has 10 heteroatoms. The standard InChI is InChI=1S/C29H36F3N3O4/c1-17(19-9-7-10-21(25(19)30)29(31,32)27(3,4)36)33-26-20-13-24(39-16-28(15-37-5)11-8-12-28)23(38-6)14-22(20)34-18(2)35-26/h7,9-10,13-14,17,36H,8,11-12,15-16H2,1-6H3,(H,33,34,35)/t17-/m1/s1. The van der Waals surface area contributed by atoms with E-state index in [1.165, 1.54) is 12.1 Å². The molecular weight excluding hydrogens is 511 g/mol. The van der Waals surface area contributed by atoms with Crippen LogP contribution in [0, 0.1) is 18.2 Å². The highest BCUT2D eigenvalue weighted by molar-refractivity contribution is 5.92. The van der Waals surface area contributed by atoms with Gasteiger partial charge in [-0.2, -0.15) is 8.78 Å². The van der Waals surface area contributed by atoms with E-state index >= 15 is 4.39 Å². The maximum Gasteiger partial charge on any atom is 0.303 e. The third kappa shape index (κ3) is 5.63. The number of nitrogens with one attached hydrogen (secondary N) is 1. The average Bonchev–Trinajstić information content (AvgIpc) is 2.84. The molecule has 2 aromatic carbocycles. The Morgan fingerprint density at radius 2 is 1.82 bits per heavy atom. The van der Waals surface area contributed by atoms with Crippen LogP contribution >= 0.6 is 0 Å². The van der Waals surface area contributed by atoms with E-state index in [-0.39, 0.29) is 11.0 Å². The highest BCUT2D eigenvalue weighted by Gasteiger charge is 2.49. The van der Waals surface area contributed by atoms with Crippen molar-refractivity contribution in [3.05, 3.63) is 53.1 Å². The van der Waals surface area contributed by atoms with Gasteiger partial charge in [-0.05, 0) is 52.7 Å². The molecule has 7 nitrogen and oxygen atoms in total. The van der Waals surface area contributed by atoms with Gasteiger partial charge in [0.1, 0.15) is 23.1 Å². The Labute approximate surface area is 226 Å². The molecule has 1 atom stereocenters. The van der Waals surface area contributed by atoms with Crippen LogP contribution in [0.25, 0.3) is 10.9 Å². The van der Waals surface area contributed by atoms with Gasteiger partial charge in [0.05, 0.1) is 37.4 Å². The van der Waals surface area contributed by atoms with E-state index in [9.17, 15) is 13.9 Å². The van der Waals surface area contributed by atoms with Crippen LogP contribution in [0.15, 0.2) is 30.3 Å². The second-order valence-electron chi connectivity index (χ2n) is 10.9. The van der Waals surface area contributed by atoms with Gasteiger partial charge in [-0.25, -0.2) is 14.4 Å². The van der Waals surface area contributed by atoms with Crippen LogP contribution in [0.3, 0.4) is 0 Å². The number of hydrogen-bond donors (Lipinski definition) is 2. The topological polar surface area (TPSA) is 85.7 Å². The van der Waals surface area contributed by atoms with Crippen LogP contribution in [0.1, 0.15) is 63.0 Å². The van der Waals surface area contributed by atoms with Crippen LogP contribution in [0.4, 0.5) is 19.0 Å². The van der Waals surface area contributed by atoms with Gasteiger partial charge in [0.25, 0.3) is 0 Å². The third-order valence-electron chi connectivity index (χ3n) is 7.45. The molecule has 0 unspecified atom stereocenters. The number of anilines is 1. The maximum atomic E-state index is 15.4. The lowest BCUT2D eigenvalue weighted by Crippen LogP contribution is -2.41. The number of aliphatic hydroxyl groups is 1. The molecule has 1 heterocycles. The van der Waals surface area contributed by atoms with Crippen molar-refractivity contribution in [3.63, 3.8) is 0 Å². The molecule has 1 fully saturated rings. The van der Waals surface area contributed by atoms with Gasteiger partial charge < -0.3 is 24.6 Å². The summed E-state index contributed by atoms with van der Waals surface area (Å²) >= 11 is 0. The number of rotatable bonds is 11. The first-order valence-electron chi connectivity index (χ1n) is 13.0. The summed E-state index contributed by atoms with van der Waals surface area (Å²) in [6, 6.07) is 6.55. The number of methoxy groups -OCH3 is 2. The molecule has 1 aliphatic rings. The highest BCUT2D eigenvalue weighted by Crippen LogP contribution is 2.44. The Morgan fingerprint density at radius 3 is 2.41 bits per heavy atom. The van der Waals surface area contributed by atoms with E-state index in [2.05, 4.69) is 15.3 Å². The van der Waals surface area contributed by atoms with Crippen molar-refractivity contribution in [2.45, 2.75) is 64.5 Å². The first-order chi connectivity index (χ1) is 18.3. The van der Waals surface area contributed by atoms with E-state index in [0.29, 0.717) is 47.3 Å². The highest BCUT2D eigenvalue weighted by atomic mass is 19.3. The molecule has 4 rings (SSSR count). The number of alkyl halides is 2. The van der Waals surface area contributed by atoms with Crippen molar-refractivity contribution in [1.82, 2.24) is 9.97 Å². The largest absolute Gasteiger partial charge is 0.493 e. The Balaban J connectivity index is 1.69. The monoisotopic (exact) mass is 547 g/mol. The Hall–Kier alpha value is -3.11. The van der Waals surface area contributed by atoms with Crippen molar-refractivity contribution < 1.29 is 32.5 Å². The first kappa shape index (κ1) is 28.9. The molecule has 1 aromatic heterocycles. The van der Waals surface area contributed by atoms with Gasteiger partial charge in [-0.1, -0.05) is 18.6 Å². The van der Waals surface area contributed by atoms with Gasteiger partial charge >= 0.3 is 5.92 Å². The fourth-order valence-corrected chi connectivity index (χ4v) is 4.92. The fraction of sp³-hybridized carbons (Fsp3) is 0.517. The molecule has 2 N–H and O–H groups in total. The summed E-state index contributed by atoms with van der Waals surface area (Å²) in [7, 11) is 3.23. The lowest BCUT2D eigenvalue weighted by atomic mass is 9.70. The van der Waals surface area contributed by atoms with Crippen LogP contribution in [-0.4, -0.2) is 48.1 Å². The van der Waals surface area contributed by atoms with Gasteiger partial charge in [-0.15, -0.1) is 0 Å². The molecular formula is C29H36F3N3O4. The Bertz CT molecular complexity index is 1340. The van der Waals surface area contributed by atoms with Crippen molar-refractivity contribution in [2.24, 2.45) is 5.41 Å². The fourth-order valence-electron chi connectivity index (χ4n) is 4.92. The summed E-state index contributed by atoms with van der Waals surface area (Å²) in [5, 5.41) is 13.7. The number of aryl methyl sites for hydroxylation is 1. The zero-order chi connectivity index (χ0) is 28.6. The van der Waals surface area contributed by atoms with Crippen molar-refractivity contribution in [1.29, 1.82) is 0 Å². The average molecular weight is 548 g/mol. The smallest absolute Gasteiger partial charge is 0.303 e. The van der Waals surface area contributed by atoms with Crippen molar-refractivity contribution >= 4 is 16.7 Å². The molecule has 0 spiro atoms. The number of fused-ring (bicyclic) bond motifs is 1. The molecule has 0 bridgehead atoms. The zero-order valence-electron chi connectivity index (χ0n) is 23.2. The van der Waals surface area contributed by atoms with Gasteiger partial charge in [0, 0.05) is 29.5 Å². The molecule has 0 amide bonds. The van der Waals surface area contributed by atoms with Crippen molar-refractivity contribution in [2.75, 3.05) is 32.8 Å². The van der Waals surface area contributed by atoms with Crippen LogP contribution in [0.5, 0.6) is 11.5 Å². The number of nitrogens with zero attached hydrogens (tertiary/aromatic N) is 2. The minimum Gasteiger partial charge on any atom is -0.493 e. The second kappa shape index (κ2) is 10.8. The molecule has 39 heavy (non-hydrogen) atoms. The number of halogens is 3. The lowest BCUT2D eigenvalue weighted by molar-refractivity contribution is -0.170. The Kier molecular flexibility index (Phi) is 8.01.